The molecule has 0 bridgehead atoms. The van der Waals surface area contributed by atoms with Crippen molar-refractivity contribution in [3.8, 4) is 0 Å². The number of sulfone groups is 1. The molecule has 0 radical (unpaired) electrons. The van der Waals surface area contributed by atoms with Crippen LogP contribution in [0.25, 0.3) is 0 Å². The monoisotopic (exact) mass is 323 g/mol. The quantitative estimate of drug-likeness (QED) is 0.927. The van der Waals surface area contributed by atoms with E-state index < -0.39 is 9.84 Å². The number of nitrogens with one attached hydrogen (secondary N) is 1. The molecule has 1 aliphatic rings. The van der Waals surface area contributed by atoms with Crippen LogP contribution in [0.4, 0.5) is 0 Å². The highest BCUT2D eigenvalue weighted by molar-refractivity contribution is 9.10. The molecule has 1 unspecified atom stereocenters. The summed E-state index contributed by atoms with van der Waals surface area (Å²) in [6.45, 7) is 2.72. The van der Waals surface area contributed by atoms with Crippen molar-refractivity contribution < 1.29 is 8.42 Å². The van der Waals surface area contributed by atoms with Crippen molar-refractivity contribution in [2.45, 2.75) is 25.4 Å². The maximum Gasteiger partial charge on any atom is 0.152 e. The fraction of sp³-hybridized carbons (Fsp3) is 0.600. The van der Waals surface area contributed by atoms with Crippen LogP contribution in [0, 0.1) is 0 Å². The Kier molecular flexibility index (Phi) is 3.45. The molecule has 1 aromatic rings. The second-order valence-corrected chi connectivity index (χ2v) is 8.58. The van der Waals surface area contributed by atoms with Crippen molar-refractivity contribution in [1.29, 1.82) is 0 Å². The van der Waals surface area contributed by atoms with Gasteiger partial charge in [-0.1, -0.05) is 0 Å². The molecule has 2 rings (SSSR count). The predicted molar refractivity (Wildman–Crippen MR) is 70.5 cm³/mol. The Morgan fingerprint density at radius 3 is 2.88 bits per heavy atom. The first-order chi connectivity index (χ1) is 7.39. The summed E-state index contributed by atoms with van der Waals surface area (Å²) in [7, 11) is -2.82. The van der Waals surface area contributed by atoms with Gasteiger partial charge in [-0.25, -0.2) is 8.42 Å². The van der Waals surface area contributed by atoms with E-state index >= 15 is 0 Å². The van der Waals surface area contributed by atoms with Gasteiger partial charge in [-0.05, 0) is 35.3 Å². The van der Waals surface area contributed by atoms with Gasteiger partial charge in [-0.2, -0.15) is 0 Å². The molecular formula is C10H14BrNO2S2. The van der Waals surface area contributed by atoms with Crippen molar-refractivity contribution in [2.75, 3.05) is 11.5 Å². The van der Waals surface area contributed by atoms with Crippen LogP contribution in [-0.2, 0) is 16.4 Å². The third-order valence-corrected chi connectivity index (χ3v) is 6.42. The van der Waals surface area contributed by atoms with Crippen molar-refractivity contribution >= 4 is 37.1 Å². The number of halogens is 1. The molecule has 90 valence electrons. The highest BCUT2D eigenvalue weighted by Gasteiger charge is 2.37. The summed E-state index contributed by atoms with van der Waals surface area (Å²) in [5.41, 5.74) is -0.255. The molecule has 16 heavy (non-hydrogen) atoms. The third kappa shape index (κ3) is 3.06. The molecule has 0 aliphatic carbocycles. The Labute approximate surface area is 108 Å². The Morgan fingerprint density at radius 1 is 1.62 bits per heavy atom. The van der Waals surface area contributed by atoms with Gasteiger partial charge in [0.1, 0.15) is 0 Å². The normalized spacial score (nSPS) is 28.4. The SMILES string of the molecule is CC1(NCc2cc(Br)cs2)CCS(=O)(=O)C1. The topological polar surface area (TPSA) is 46.2 Å². The number of hydrogen-bond donors (Lipinski definition) is 1. The Bertz CT molecular complexity index is 483. The van der Waals surface area contributed by atoms with Crippen molar-refractivity contribution in [1.82, 2.24) is 5.32 Å². The minimum Gasteiger partial charge on any atom is -0.306 e. The van der Waals surface area contributed by atoms with Crippen molar-refractivity contribution in [3.05, 3.63) is 20.8 Å². The zero-order valence-corrected chi connectivity index (χ0v) is 12.2. The molecule has 0 amide bonds. The van der Waals surface area contributed by atoms with E-state index in [4.69, 9.17) is 0 Å². The molecule has 0 aromatic carbocycles. The summed E-state index contributed by atoms with van der Waals surface area (Å²) in [5, 5.41) is 5.39. The van der Waals surface area contributed by atoms with Crippen LogP contribution in [0.1, 0.15) is 18.2 Å². The molecule has 1 saturated heterocycles. The van der Waals surface area contributed by atoms with E-state index in [0.717, 1.165) is 11.0 Å². The van der Waals surface area contributed by atoms with Crippen molar-refractivity contribution in [3.63, 3.8) is 0 Å². The van der Waals surface area contributed by atoms with Gasteiger partial charge in [-0.3, -0.25) is 0 Å². The highest BCUT2D eigenvalue weighted by atomic mass is 79.9. The van der Waals surface area contributed by atoms with Gasteiger partial charge >= 0.3 is 0 Å². The van der Waals surface area contributed by atoms with E-state index in [1.165, 1.54) is 4.88 Å². The van der Waals surface area contributed by atoms with E-state index in [-0.39, 0.29) is 11.3 Å². The molecule has 1 aromatic heterocycles. The average Bonchev–Trinajstić information content (AvgIpc) is 2.69. The maximum atomic E-state index is 11.4. The van der Waals surface area contributed by atoms with Gasteiger partial charge in [0, 0.05) is 26.8 Å². The third-order valence-electron chi connectivity index (χ3n) is 2.81. The molecule has 1 fully saturated rings. The lowest BCUT2D eigenvalue weighted by molar-refractivity contribution is 0.397. The molecule has 1 N–H and O–H groups in total. The van der Waals surface area contributed by atoms with Gasteiger partial charge in [0.25, 0.3) is 0 Å². The van der Waals surface area contributed by atoms with Crippen LogP contribution in [0.2, 0.25) is 0 Å². The predicted octanol–water partition coefficient (Wildman–Crippen LogP) is 2.18. The lowest BCUT2D eigenvalue weighted by atomic mass is 10.0. The van der Waals surface area contributed by atoms with Crippen LogP contribution in [0.3, 0.4) is 0 Å². The fourth-order valence-electron chi connectivity index (χ4n) is 1.90. The Morgan fingerprint density at radius 2 is 2.38 bits per heavy atom. The van der Waals surface area contributed by atoms with Gasteiger partial charge < -0.3 is 5.32 Å². The molecule has 2 heterocycles. The number of thiophene rings is 1. The lowest BCUT2D eigenvalue weighted by Crippen LogP contribution is -2.42. The number of rotatable bonds is 3. The zero-order valence-electron chi connectivity index (χ0n) is 8.99. The van der Waals surface area contributed by atoms with Crippen LogP contribution >= 0.6 is 27.3 Å². The van der Waals surface area contributed by atoms with Crippen molar-refractivity contribution in [2.24, 2.45) is 0 Å². The second-order valence-electron chi connectivity index (χ2n) is 4.49. The first-order valence-corrected chi connectivity index (χ1v) is 8.56. The Hall–Kier alpha value is 0.0900. The largest absolute Gasteiger partial charge is 0.306 e. The van der Waals surface area contributed by atoms with E-state index in [2.05, 4.69) is 27.3 Å². The standard InChI is InChI=1S/C10H14BrNO2S2/c1-10(2-3-16(13,14)7-10)12-5-9-4-8(11)6-15-9/h4,6,12H,2-3,5,7H2,1H3. The molecular weight excluding hydrogens is 310 g/mol. The Balaban J connectivity index is 1.96. The number of hydrogen-bond acceptors (Lipinski definition) is 4. The molecule has 6 heteroatoms. The summed E-state index contributed by atoms with van der Waals surface area (Å²) < 4.78 is 23.9. The minimum absolute atomic E-state index is 0.255. The maximum absolute atomic E-state index is 11.4. The van der Waals surface area contributed by atoms with E-state index in [1.54, 1.807) is 11.3 Å². The first kappa shape index (κ1) is 12.5. The summed E-state index contributed by atoms with van der Waals surface area (Å²) in [5.74, 6) is 0.567. The molecule has 1 atom stereocenters. The highest BCUT2D eigenvalue weighted by Crippen LogP contribution is 2.25. The van der Waals surface area contributed by atoms with Gasteiger partial charge in [0.15, 0.2) is 9.84 Å². The second kappa shape index (κ2) is 4.40. The van der Waals surface area contributed by atoms with Gasteiger partial charge in [0.05, 0.1) is 11.5 Å². The van der Waals surface area contributed by atoms with Crippen LogP contribution in [0.5, 0.6) is 0 Å². The molecule has 0 saturated carbocycles. The summed E-state index contributed by atoms with van der Waals surface area (Å²) in [6.07, 6.45) is 0.710. The smallest absolute Gasteiger partial charge is 0.152 e. The van der Waals surface area contributed by atoms with E-state index in [1.807, 2.05) is 12.3 Å². The van der Waals surface area contributed by atoms with E-state index in [9.17, 15) is 8.42 Å². The average molecular weight is 324 g/mol. The van der Waals surface area contributed by atoms with Crippen LogP contribution in [-0.4, -0.2) is 25.5 Å². The molecule has 0 spiro atoms. The first-order valence-electron chi connectivity index (χ1n) is 5.07. The lowest BCUT2D eigenvalue weighted by Gasteiger charge is -2.23. The van der Waals surface area contributed by atoms with Gasteiger partial charge in [0.2, 0.25) is 0 Å². The summed E-state index contributed by atoms with van der Waals surface area (Å²) in [4.78, 5) is 1.22. The fourth-order valence-corrected chi connectivity index (χ4v) is 5.41. The minimum atomic E-state index is -2.82. The summed E-state index contributed by atoms with van der Waals surface area (Å²) in [6, 6.07) is 2.06. The van der Waals surface area contributed by atoms with E-state index in [0.29, 0.717) is 12.2 Å². The van der Waals surface area contributed by atoms with Gasteiger partial charge in [-0.15, -0.1) is 11.3 Å². The molecule has 1 aliphatic heterocycles. The van der Waals surface area contributed by atoms with Crippen LogP contribution in [0.15, 0.2) is 15.9 Å². The zero-order chi connectivity index (χ0) is 11.8. The summed E-state index contributed by atoms with van der Waals surface area (Å²) >= 11 is 5.08. The molecule has 3 nitrogen and oxygen atoms in total. The van der Waals surface area contributed by atoms with Crippen LogP contribution < -0.4 is 5.32 Å².